The second-order valence-corrected chi connectivity index (χ2v) is 5.51. The molecule has 0 unspecified atom stereocenters. The van der Waals surface area contributed by atoms with E-state index < -0.39 is 5.79 Å². The number of nitrogens with zero attached hydrogens (tertiary/aromatic N) is 1. The van der Waals surface area contributed by atoms with Crippen molar-refractivity contribution in [2.75, 3.05) is 19.8 Å². The van der Waals surface area contributed by atoms with Crippen LogP contribution in [0.3, 0.4) is 0 Å². The number of rotatable bonds is 5. The topological polar surface area (TPSA) is 76.2 Å². The van der Waals surface area contributed by atoms with Gasteiger partial charge in [0.05, 0.1) is 18.9 Å². The predicted molar refractivity (Wildman–Crippen MR) is 81.2 cm³/mol. The van der Waals surface area contributed by atoms with E-state index >= 15 is 0 Å². The summed E-state index contributed by atoms with van der Waals surface area (Å²) >= 11 is 0. The molecule has 3 rings (SSSR count). The summed E-state index contributed by atoms with van der Waals surface area (Å²) in [7, 11) is 0. The number of aromatic amines is 1. The van der Waals surface area contributed by atoms with Gasteiger partial charge in [0.2, 0.25) is 0 Å². The summed E-state index contributed by atoms with van der Waals surface area (Å²) in [5.41, 5.74) is 1.68. The molecule has 6 nitrogen and oxygen atoms in total. The van der Waals surface area contributed by atoms with Crippen molar-refractivity contribution < 1.29 is 18.7 Å². The lowest BCUT2D eigenvalue weighted by molar-refractivity contribution is -0.145. The van der Waals surface area contributed by atoms with Crippen LogP contribution in [0.15, 0.2) is 30.3 Å². The molecule has 0 bridgehead atoms. The summed E-state index contributed by atoms with van der Waals surface area (Å²) in [5.74, 6) is -1.19. The maximum absolute atomic E-state index is 12.9. The average Bonchev–Trinajstić information content (AvgIpc) is 3.18. The highest BCUT2D eigenvalue weighted by Gasteiger charge is 2.30. The third-order valence-corrected chi connectivity index (χ3v) is 3.73. The van der Waals surface area contributed by atoms with Crippen molar-refractivity contribution in [3.05, 3.63) is 41.8 Å². The molecular weight excluding hydrogens is 301 g/mol. The molecule has 0 atom stereocenters. The lowest BCUT2D eigenvalue weighted by atomic mass is 10.1. The van der Waals surface area contributed by atoms with Gasteiger partial charge >= 0.3 is 0 Å². The van der Waals surface area contributed by atoms with E-state index in [-0.39, 0.29) is 11.7 Å². The first-order chi connectivity index (χ1) is 11.1. The Bertz CT molecular complexity index is 678. The first kappa shape index (κ1) is 15.6. The van der Waals surface area contributed by atoms with Gasteiger partial charge < -0.3 is 14.8 Å². The van der Waals surface area contributed by atoms with Gasteiger partial charge in [0.25, 0.3) is 5.91 Å². The van der Waals surface area contributed by atoms with Gasteiger partial charge in [-0.3, -0.25) is 9.89 Å². The Balaban J connectivity index is 1.57. The zero-order chi connectivity index (χ0) is 16.3. The molecule has 0 radical (unpaired) electrons. The molecule has 1 aromatic carbocycles. The second-order valence-electron chi connectivity index (χ2n) is 5.51. The molecule has 23 heavy (non-hydrogen) atoms. The zero-order valence-corrected chi connectivity index (χ0v) is 12.8. The predicted octanol–water partition coefficient (Wildman–Crippen LogP) is 2.10. The van der Waals surface area contributed by atoms with Crippen molar-refractivity contribution >= 4 is 5.91 Å². The molecule has 1 aliphatic heterocycles. The fourth-order valence-corrected chi connectivity index (χ4v) is 2.41. The third kappa shape index (κ3) is 3.75. The standard InChI is InChI=1S/C16H18FN3O3/c1-16(22-8-9-23-16)6-7-18-15(21)14-10-13(19-20-14)11-2-4-12(17)5-3-11/h2-5,10H,6-9H2,1H3,(H,18,21)(H,19,20). The highest BCUT2D eigenvalue weighted by atomic mass is 19.1. The summed E-state index contributed by atoms with van der Waals surface area (Å²) in [5, 5.41) is 9.56. The van der Waals surface area contributed by atoms with E-state index in [2.05, 4.69) is 15.5 Å². The van der Waals surface area contributed by atoms with E-state index in [1.54, 1.807) is 18.2 Å². The molecule has 122 valence electrons. The first-order valence-electron chi connectivity index (χ1n) is 7.43. The number of H-pyrrole nitrogens is 1. The number of aromatic nitrogens is 2. The normalized spacial score (nSPS) is 16.4. The molecular formula is C16H18FN3O3. The maximum atomic E-state index is 12.9. The van der Waals surface area contributed by atoms with Crippen LogP contribution in [0.25, 0.3) is 11.3 Å². The lowest BCUT2D eigenvalue weighted by Gasteiger charge is -2.21. The number of halogens is 1. The van der Waals surface area contributed by atoms with Crippen molar-refractivity contribution in [3.63, 3.8) is 0 Å². The minimum absolute atomic E-state index is 0.257. The molecule has 1 aromatic heterocycles. The van der Waals surface area contributed by atoms with Crippen LogP contribution in [-0.4, -0.2) is 41.7 Å². The number of nitrogens with one attached hydrogen (secondary N) is 2. The van der Waals surface area contributed by atoms with Gasteiger partial charge in [-0.2, -0.15) is 5.10 Å². The minimum Gasteiger partial charge on any atom is -0.351 e. The summed E-state index contributed by atoms with van der Waals surface area (Å²) in [4.78, 5) is 12.1. The van der Waals surface area contributed by atoms with Crippen LogP contribution in [0.2, 0.25) is 0 Å². The highest BCUT2D eigenvalue weighted by Crippen LogP contribution is 2.22. The van der Waals surface area contributed by atoms with E-state index in [4.69, 9.17) is 9.47 Å². The molecule has 1 saturated heterocycles. The van der Waals surface area contributed by atoms with E-state index in [0.717, 1.165) is 5.56 Å². The molecule has 1 fully saturated rings. The van der Waals surface area contributed by atoms with Gasteiger partial charge in [-0.25, -0.2) is 4.39 Å². The van der Waals surface area contributed by atoms with Crippen molar-refractivity contribution in [3.8, 4) is 11.3 Å². The number of ether oxygens (including phenoxy) is 2. The molecule has 2 N–H and O–H groups in total. The van der Waals surface area contributed by atoms with Crippen molar-refractivity contribution in [2.45, 2.75) is 19.1 Å². The van der Waals surface area contributed by atoms with Crippen LogP contribution < -0.4 is 5.32 Å². The van der Waals surface area contributed by atoms with Gasteiger partial charge in [0.15, 0.2) is 5.79 Å². The van der Waals surface area contributed by atoms with Crippen LogP contribution >= 0.6 is 0 Å². The Labute approximate surface area is 133 Å². The Morgan fingerprint density at radius 2 is 2.04 bits per heavy atom. The Morgan fingerprint density at radius 3 is 2.74 bits per heavy atom. The van der Waals surface area contributed by atoms with Crippen molar-refractivity contribution in [2.24, 2.45) is 0 Å². The zero-order valence-electron chi connectivity index (χ0n) is 12.8. The summed E-state index contributed by atoms with van der Waals surface area (Å²) < 4.78 is 23.9. The number of amides is 1. The SMILES string of the molecule is CC1(CCNC(=O)c2cc(-c3ccc(F)cc3)n[nH]2)OCCO1. The van der Waals surface area contributed by atoms with Gasteiger partial charge in [-0.1, -0.05) is 0 Å². The van der Waals surface area contributed by atoms with Crippen LogP contribution in [0.5, 0.6) is 0 Å². The van der Waals surface area contributed by atoms with Crippen molar-refractivity contribution in [1.29, 1.82) is 0 Å². The molecule has 0 saturated carbocycles. The van der Waals surface area contributed by atoms with Gasteiger partial charge in [0.1, 0.15) is 11.5 Å². The fraction of sp³-hybridized carbons (Fsp3) is 0.375. The summed E-state index contributed by atoms with van der Waals surface area (Å²) in [6, 6.07) is 7.57. The lowest BCUT2D eigenvalue weighted by Crippen LogP contribution is -2.33. The van der Waals surface area contributed by atoms with Gasteiger partial charge in [0, 0.05) is 18.5 Å². The molecule has 2 aromatic rings. The smallest absolute Gasteiger partial charge is 0.269 e. The molecule has 7 heteroatoms. The second kappa shape index (κ2) is 6.47. The monoisotopic (exact) mass is 319 g/mol. The third-order valence-electron chi connectivity index (χ3n) is 3.73. The number of hydrogen-bond donors (Lipinski definition) is 2. The fourth-order valence-electron chi connectivity index (χ4n) is 2.41. The molecule has 1 amide bonds. The highest BCUT2D eigenvalue weighted by molar-refractivity contribution is 5.93. The Kier molecular flexibility index (Phi) is 4.40. The average molecular weight is 319 g/mol. The Hall–Kier alpha value is -2.25. The summed E-state index contributed by atoms with van der Waals surface area (Å²) in [6.45, 7) is 3.44. The van der Waals surface area contributed by atoms with Crippen molar-refractivity contribution in [1.82, 2.24) is 15.5 Å². The van der Waals surface area contributed by atoms with E-state index in [9.17, 15) is 9.18 Å². The van der Waals surface area contributed by atoms with Crippen LogP contribution in [0.1, 0.15) is 23.8 Å². The first-order valence-corrected chi connectivity index (χ1v) is 7.43. The number of benzene rings is 1. The number of carbonyl (C=O) groups excluding carboxylic acids is 1. The molecule has 0 aliphatic carbocycles. The Morgan fingerprint density at radius 1 is 1.35 bits per heavy atom. The van der Waals surface area contributed by atoms with Crippen LogP contribution in [-0.2, 0) is 9.47 Å². The molecule has 2 heterocycles. The molecule has 1 aliphatic rings. The number of hydrogen-bond acceptors (Lipinski definition) is 4. The quantitative estimate of drug-likeness (QED) is 0.885. The summed E-state index contributed by atoms with van der Waals surface area (Å²) in [6.07, 6.45) is 0.567. The van der Waals surface area contributed by atoms with E-state index in [1.807, 2.05) is 6.92 Å². The van der Waals surface area contributed by atoms with E-state index in [1.165, 1.54) is 12.1 Å². The minimum atomic E-state index is -0.624. The molecule has 0 spiro atoms. The van der Waals surface area contributed by atoms with E-state index in [0.29, 0.717) is 37.6 Å². The maximum Gasteiger partial charge on any atom is 0.269 e. The number of carbonyl (C=O) groups is 1. The van der Waals surface area contributed by atoms with Gasteiger partial charge in [-0.15, -0.1) is 0 Å². The van der Waals surface area contributed by atoms with Crippen LogP contribution in [0.4, 0.5) is 4.39 Å². The van der Waals surface area contributed by atoms with Crippen LogP contribution in [0, 0.1) is 5.82 Å². The van der Waals surface area contributed by atoms with Gasteiger partial charge in [-0.05, 0) is 37.3 Å². The largest absolute Gasteiger partial charge is 0.351 e.